The highest BCUT2D eigenvalue weighted by Gasteiger charge is 2.30. The van der Waals surface area contributed by atoms with Crippen LogP contribution in [0.1, 0.15) is 37.5 Å². The van der Waals surface area contributed by atoms with Gasteiger partial charge in [-0.1, -0.05) is 0 Å². The molecule has 0 bridgehead atoms. The van der Waals surface area contributed by atoms with Crippen LogP contribution in [0.4, 0.5) is 10.5 Å². The number of hydrogen-bond acceptors (Lipinski definition) is 4. The van der Waals surface area contributed by atoms with Crippen LogP contribution in [0.2, 0.25) is 0 Å². The normalized spacial score (nSPS) is 21.1. The molecule has 1 aromatic heterocycles. The van der Waals surface area contributed by atoms with E-state index in [1.165, 1.54) is 12.8 Å². The molecule has 1 aliphatic carbocycles. The average molecular weight is 383 g/mol. The van der Waals surface area contributed by atoms with E-state index < -0.39 is 0 Å². The summed E-state index contributed by atoms with van der Waals surface area (Å²) in [6.45, 7) is 2.14. The first-order chi connectivity index (χ1) is 13.6. The van der Waals surface area contributed by atoms with E-state index in [2.05, 4.69) is 22.2 Å². The summed E-state index contributed by atoms with van der Waals surface area (Å²) in [5.74, 6) is 1.85. The molecular weight excluding hydrogens is 354 g/mol. The van der Waals surface area contributed by atoms with E-state index in [9.17, 15) is 4.79 Å². The van der Waals surface area contributed by atoms with Crippen molar-refractivity contribution in [2.75, 3.05) is 32.0 Å². The maximum atomic E-state index is 12.8. The van der Waals surface area contributed by atoms with Crippen molar-refractivity contribution >= 4 is 11.7 Å². The van der Waals surface area contributed by atoms with Crippen molar-refractivity contribution < 1.29 is 9.53 Å². The minimum atomic E-state index is -0.0724. The molecule has 4 rings (SSSR count). The minimum absolute atomic E-state index is 0.0724. The molecule has 1 aromatic carbocycles. The number of piperazine rings is 1. The minimum Gasteiger partial charge on any atom is -0.490 e. The van der Waals surface area contributed by atoms with Gasteiger partial charge in [-0.15, -0.1) is 0 Å². The number of rotatable bonds is 4. The lowest BCUT2D eigenvalue weighted by molar-refractivity contribution is 0.110. The molecule has 7 heteroatoms. The van der Waals surface area contributed by atoms with Crippen LogP contribution in [0, 0.1) is 0 Å². The number of ether oxygens (including phenoxy) is 1. The third kappa shape index (κ3) is 4.14. The molecule has 1 N–H and O–H groups in total. The number of nitrogens with one attached hydrogen (secondary N) is 1. The van der Waals surface area contributed by atoms with Gasteiger partial charge in [0.2, 0.25) is 0 Å². The molecule has 1 saturated heterocycles. The van der Waals surface area contributed by atoms with Crippen LogP contribution in [0.15, 0.2) is 36.7 Å². The molecule has 1 saturated carbocycles. The van der Waals surface area contributed by atoms with E-state index in [1.54, 1.807) is 6.20 Å². The zero-order valence-electron chi connectivity index (χ0n) is 16.7. The topological polar surface area (TPSA) is 62.6 Å². The second-order valence-corrected chi connectivity index (χ2v) is 7.82. The van der Waals surface area contributed by atoms with Crippen LogP contribution >= 0.6 is 0 Å². The molecule has 1 atom stereocenters. The largest absolute Gasteiger partial charge is 0.490 e. The molecule has 2 fully saturated rings. The summed E-state index contributed by atoms with van der Waals surface area (Å²) in [5, 5.41) is 3.01. The second kappa shape index (κ2) is 8.22. The molecule has 150 valence electrons. The van der Waals surface area contributed by atoms with Gasteiger partial charge in [0.25, 0.3) is 0 Å². The van der Waals surface area contributed by atoms with Crippen molar-refractivity contribution in [1.29, 1.82) is 0 Å². The van der Waals surface area contributed by atoms with Gasteiger partial charge in [-0.05, 0) is 57.0 Å². The summed E-state index contributed by atoms with van der Waals surface area (Å²) in [4.78, 5) is 21.4. The molecule has 1 aliphatic heterocycles. The number of imidazole rings is 1. The Morgan fingerprint density at radius 3 is 2.57 bits per heavy atom. The number of carbonyl (C=O) groups is 1. The van der Waals surface area contributed by atoms with E-state index in [0.29, 0.717) is 19.2 Å². The predicted octanol–water partition coefficient (Wildman–Crippen LogP) is 3.26. The SMILES string of the molecule is CN1CCN(C(=O)Nc2ccc(OC3CCCC3)cc2)C[C@@H]1c1nccn1C. The summed E-state index contributed by atoms with van der Waals surface area (Å²) in [6, 6.07) is 7.73. The molecular formula is C21H29N5O2. The van der Waals surface area contributed by atoms with Crippen molar-refractivity contribution in [3.63, 3.8) is 0 Å². The molecule has 2 heterocycles. The van der Waals surface area contributed by atoms with Gasteiger partial charge in [0.1, 0.15) is 11.6 Å². The van der Waals surface area contributed by atoms with Crippen LogP contribution in [0.3, 0.4) is 0 Å². The average Bonchev–Trinajstić information content (AvgIpc) is 3.35. The highest BCUT2D eigenvalue weighted by molar-refractivity contribution is 5.89. The fourth-order valence-electron chi connectivity index (χ4n) is 4.05. The van der Waals surface area contributed by atoms with Gasteiger partial charge in [0, 0.05) is 44.8 Å². The molecule has 0 spiro atoms. The quantitative estimate of drug-likeness (QED) is 0.880. The molecule has 2 amide bonds. The van der Waals surface area contributed by atoms with Crippen LogP contribution in [-0.4, -0.2) is 58.2 Å². The number of aryl methyl sites for hydroxylation is 1. The Labute approximate surface area is 166 Å². The van der Waals surface area contributed by atoms with Gasteiger partial charge >= 0.3 is 6.03 Å². The number of nitrogens with zero attached hydrogens (tertiary/aromatic N) is 4. The first-order valence-electron chi connectivity index (χ1n) is 10.1. The van der Waals surface area contributed by atoms with Gasteiger partial charge in [-0.2, -0.15) is 0 Å². The molecule has 7 nitrogen and oxygen atoms in total. The molecule has 28 heavy (non-hydrogen) atoms. The van der Waals surface area contributed by atoms with Crippen molar-refractivity contribution in [2.45, 2.75) is 37.8 Å². The highest BCUT2D eigenvalue weighted by Crippen LogP contribution is 2.26. The van der Waals surface area contributed by atoms with E-state index in [1.807, 2.05) is 47.0 Å². The van der Waals surface area contributed by atoms with Gasteiger partial charge in [0.05, 0.1) is 12.1 Å². The molecule has 0 radical (unpaired) electrons. The summed E-state index contributed by atoms with van der Waals surface area (Å²) in [5.41, 5.74) is 0.788. The number of urea groups is 1. The Kier molecular flexibility index (Phi) is 5.52. The monoisotopic (exact) mass is 383 g/mol. The van der Waals surface area contributed by atoms with Crippen molar-refractivity contribution in [2.24, 2.45) is 7.05 Å². The summed E-state index contributed by atoms with van der Waals surface area (Å²) < 4.78 is 8.01. The lowest BCUT2D eigenvalue weighted by Crippen LogP contribution is -2.50. The lowest BCUT2D eigenvalue weighted by Gasteiger charge is -2.38. The van der Waals surface area contributed by atoms with E-state index in [4.69, 9.17) is 4.74 Å². The number of carbonyl (C=O) groups excluding carboxylic acids is 1. The smallest absolute Gasteiger partial charge is 0.321 e. The summed E-state index contributed by atoms with van der Waals surface area (Å²) in [7, 11) is 4.07. The Bertz CT molecular complexity index is 797. The first-order valence-corrected chi connectivity index (χ1v) is 10.1. The number of benzene rings is 1. The standard InChI is InChI=1S/C21H29N5O2/c1-24-13-14-26(15-19(24)20-22-11-12-25(20)2)21(27)23-16-7-9-18(10-8-16)28-17-5-3-4-6-17/h7-12,17,19H,3-6,13-15H2,1-2H3,(H,23,27)/t19-/m1/s1. The number of likely N-dealkylation sites (N-methyl/N-ethyl adjacent to an activating group) is 1. The third-order valence-corrected chi connectivity index (χ3v) is 5.80. The zero-order valence-corrected chi connectivity index (χ0v) is 16.7. The Balaban J connectivity index is 1.35. The maximum Gasteiger partial charge on any atom is 0.321 e. The highest BCUT2D eigenvalue weighted by atomic mass is 16.5. The summed E-state index contributed by atoms with van der Waals surface area (Å²) >= 11 is 0. The second-order valence-electron chi connectivity index (χ2n) is 7.82. The van der Waals surface area contributed by atoms with Crippen molar-refractivity contribution in [3.05, 3.63) is 42.5 Å². The Morgan fingerprint density at radius 1 is 1.14 bits per heavy atom. The summed E-state index contributed by atoms with van der Waals surface area (Å²) in [6.07, 6.45) is 8.87. The first kappa shape index (κ1) is 18.8. The maximum absolute atomic E-state index is 12.8. The third-order valence-electron chi connectivity index (χ3n) is 5.80. The van der Waals surface area contributed by atoms with Gasteiger partial charge in [0.15, 0.2) is 0 Å². The van der Waals surface area contributed by atoms with Crippen LogP contribution in [-0.2, 0) is 7.05 Å². The van der Waals surface area contributed by atoms with Crippen LogP contribution < -0.4 is 10.1 Å². The van der Waals surface area contributed by atoms with Crippen molar-refractivity contribution in [3.8, 4) is 5.75 Å². The van der Waals surface area contributed by atoms with E-state index >= 15 is 0 Å². The Morgan fingerprint density at radius 2 is 1.89 bits per heavy atom. The number of aromatic nitrogens is 2. The number of hydrogen-bond donors (Lipinski definition) is 1. The fourth-order valence-corrected chi connectivity index (χ4v) is 4.05. The molecule has 2 aromatic rings. The lowest BCUT2D eigenvalue weighted by atomic mass is 10.1. The van der Waals surface area contributed by atoms with Gasteiger partial charge < -0.3 is 19.5 Å². The van der Waals surface area contributed by atoms with Gasteiger partial charge in [-0.3, -0.25) is 4.90 Å². The van der Waals surface area contributed by atoms with Crippen LogP contribution in [0.25, 0.3) is 0 Å². The zero-order chi connectivity index (χ0) is 19.5. The van der Waals surface area contributed by atoms with Crippen molar-refractivity contribution in [1.82, 2.24) is 19.4 Å². The molecule has 0 unspecified atom stereocenters. The predicted molar refractivity (Wildman–Crippen MR) is 108 cm³/mol. The fraction of sp³-hybridized carbons (Fsp3) is 0.524. The van der Waals surface area contributed by atoms with E-state index in [0.717, 1.165) is 36.6 Å². The van der Waals surface area contributed by atoms with Gasteiger partial charge in [-0.25, -0.2) is 9.78 Å². The number of amides is 2. The molecule has 2 aliphatic rings. The Hall–Kier alpha value is -2.54. The van der Waals surface area contributed by atoms with E-state index in [-0.39, 0.29) is 12.1 Å². The number of anilines is 1. The van der Waals surface area contributed by atoms with Crippen LogP contribution in [0.5, 0.6) is 5.75 Å².